The summed E-state index contributed by atoms with van der Waals surface area (Å²) in [6.45, 7) is 3.16. The highest BCUT2D eigenvalue weighted by atomic mass is 31.2. The Labute approximate surface area is 348 Å². The number of allylic oxidation sites excluding steroid dienone is 9. The molecule has 0 radical (unpaired) electrons. The summed E-state index contributed by atoms with van der Waals surface area (Å²) in [6.07, 6.45) is 36.3. The minimum absolute atomic E-state index is 0.00524. The van der Waals surface area contributed by atoms with Crippen molar-refractivity contribution < 1.29 is 52.9 Å². The number of phosphoric ester groups is 1. The summed E-state index contributed by atoms with van der Waals surface area (Å²) in [5.41, 5.74) is 5.34. The van der Waals surface area contributed by atoms with Crippen molar-refractivity contribution in [2.45, 2.75) is 160 Å². The lowest BCUT2D eigenvalue weighted by Crippen LogP contribution is -2.29. The fourth-order valence-electron chi connectivity index (χ4n) is 6.36. The van der Waals surface area contributed by atoms with Crippen LogP contribution >= 0.6 is 7.82 Å². The molecule has 58 heavy (non-hydrogen) atoms. The molecule has 1 fully saturated rings. The first-order valence-corrected chi connectivity index (χ1v) is 23.2. The molecule has 0 spiro atoms. The summed E-state index contributed by atoms with van der Waals surface area (Å²) in [5.74, 6) is -1.82. The van der Waals surface area contributed by atoms with Gasteiger partial charge in [-0.05, 0) is 70.1 Å². The number of hydrogen-bond acceptors (Lipinski definition) is 11. The van der Waals surface area contributed by atoms with E-state index in [1.165, 1.54) is 25.7 Å². The van der Waals surface area contributed by atoms with E-state index in [0.29, 0.717) is 19.3 Å². The predicted octanol–water partition coefficient (Wildman–Crippen LogP) is 8.65. The van der Waals surface area contributed by atoms with Crippen LogP contribution in [0.4, 0.5) is 0 Å². The van der Waals surface area contributed by atoms with Crippen molar-refractivity contribution in [3.05, 3.63) is 72.9 Å². The van der Waals surface area contributed by atoms with Gasteiger partial charge in [0.1, 0.15) is 6.61 Å². The summed E-state index contributed by atoms with van der Waals surface area (Å²) in [6, 6.07) is 0. The maximum absolute atomic E-state index is 12.7. The van der Waals surface area contributed by atoms with Crippen molar-refractivity contribution in [3.8, 4) is 0 Å². The van der Waals surface area contributed by atoms with Crippen molar-refractivity contribution >= 4 is 19.8 Å². The summed E-state index contributed by atoms with van der Waals surface area (Å²) >= 11 is 0. The van der Waals surface area contributed by atoms with Gasteiger partial charge in [0.2, 0.25) is 0 Å². The van der Waals surface area contributed by atoms with Crippen molar-refractivity contribution in [2.24, 2.45) is 17.6 Å². The number of nitrogens with two attached hydrogens (primary N) is 1. The van der Waals surface area contributed by atoms with Gasteiger partial charge >= 0.3 is 19.8 Å². The highest BCUT2D eigenvalue weighted by molar-refractivity contribution is 7.47. The van der Waals surface area contributed by atoms with E-state index in [2.05, 4.69) is 62.5 Å². The molecule has 0 bridgehead atoms. The van der Waals surface area contributed by atoms with Crippen molar-refractivity contribution in [1.82, 2.24) is 0 Å². The second-order valence-corrected chi connectivity index (χ2v) is 16.3. The number of hydrogen-bond donors (Lipinski definition) is 5. The Morgan fingerprint density at radius 1 is 0.759 bits per heavy atom. The molecule has 1 unspecified atom stereocenters. The van der Waals surface area contributed by atoms with Gasteiger partial charge in [0.25, 0.3) is 0 Å². The van der Waals surface area contributed by atoms with E-state index < -0.39 is 50.8 Å². The number of esters is 2. The van der Waals surface area contributed by atoms with Crippen molar-refractivity contribution in [2.75, 3.05) is 26.4 Å². The molecule has 0 aromatic carbocycles. The van der Waals surface area contributed by atoms with E-state index in [0.717, 1.165) is 57.8 Å². The maximum atomic E-state index is 12.7. The number of carbonyl (C=O) groups is 2. The number of ether oxygens (including phenoxy) is 2. The second-order valence-electron chi connectivity index (χ2n) is 14.8. The van der Waals surface area contributed by atoms with Crippen LogP contribution in [-0.2, 0) is 32.7 Å². The minimum atomic E-state index is -4.48. The monoisotopic (exact) mass is 838 g/mol. The molecular formula is C45H76NO11P. The van der Waals surface area contributed by atoms with Crippen LogP contribution in [0.15, 0.2) is 72.9 Å². The Balaban J connectivity index is 2.47. The summed E-state index contributed by atoms with van der Waals surface area (Å²) in [4.78, 5) is 35.1. The molecule has 0 heterocycles. The molecule has 0 aliphatic heterocycles. The number of unbranched alkanes of at least 4 members (excludes halogenated alkanes) is 8. The van der Waals surface area contributed by atoms with E-state index in [1.807, 2.05) is 0 Å². The SMILES string of the molecule is CCCCC/C=C\C/C=C\C/C=C\C/C=C\CCCCCC(=O)OC[C@H](COP(=O)(O)OCCN)OC(=O)C/C=C\C[C@H]1[C@@H](/C=C/[C@H](O)CCCCC)[C@H](O)C[C@@H]1O. The Kier molecular flexibility index (Phi) is 32.3. The third-order valence-corrected chi connectivity index (χ3v) is 10.7. The molecular weight excluding hydrogens is 761 g/mol. The smallest absolute Gasteiger partial charge is 0.462 e. The second kappa shape index (κ2) is 35.1. The third kappa shape index (κ3) is 28.7. The van der Waals surface area contributed by atoms with Gasteiger partial charge in [-0.1, -0.05) is 125 Å². The Hall–Kier alpha value is -2.67. The van der Waals surface area contributed by atoms with Gasteiger partial charge in [0.05, 0.1) is 37.9 Å². The number of carbonyl (C=O) groups excluding carboxylic acids is 2. The lowest BCUT2D eigenvalue weighted by atomic mass is 9.89. The van der Waals surface area contributed by atoms with Crippen LogP contribution in [0.5, 0.6) is 0 Å². The average molecular weight is 838 g/mol. The molecule has 6 N–H and O–H groups in total. The average Bonchev–Trinajstić information content (AvgIpc) is 3.47. The van der Waals surface area contributed by atoms with Gasteiger partial charge in [-0.25, -0.2) is 4.57 Å². The number of aliphatic hydroxyl groups excluding tert-OH is 3. The summed E-state index contributed by atoms with van der Waals surface area (Å²) in [7, 11) is -4.48. The van der Waals surface area contributed by atoms with Gasteiger partial charge in [-0.2, -0.15) is 0 Å². The van der Waals surface area contributed by atoms with Crippen LogP contribution in [0.25, 0.3) is 0 Å². The third-order valence-electron chi connectivity index (χ3n) is 9.67. The van der Waals surface area contributed by atoms with Crippen LogP contribution in [0, 0.1) is 11.8 Å². The van der Waals surface area contributed by atoms with Crippen molar-refractivity contribution in [3.63, 3.8) is 0 Å². The van der Waals surface area contributed by atoms with Crippen LogP contribution in [0.2, 0.25) is 0 Å². The lowest BCUT2D eigenvalue weighted by molar-refractivity contribution is -0.160. The fourth-order valence-corrected chi connectivity index (χ4v) is 7.12. The first-order valence-electron chi connectivity index (χ1n) is 21.7. The standard InChI is InChI=1S/C45H76NO11P/c1-3-5-7-8-9-10-11-12-13-14-15-16-17-18-19-20-21-22-24-29-44(50)54-36-39(37-56-58(52,53)55-34-33-46)57-45(51)30-26-25-28-40-41(43(49)35-42(40)48)32-31-38(47)27-23-6-4-2/h9-10,12-13,15-16,18-19,25-26,31-32,38-43,47-49H,3-8,11,14,17,20-24,27-30,33-37,46H2,1-2H3,(H,52,53)/b10-9-,13-12-,16-15-,19-18-,26-25-,32-31+/t38-,39-,40+,41-,42+,43-/m1/s1. The van der Waals surface area contributed by atoms with Gasteiger partial charge in [0, 0.05) is 25.3 Å². The van der Waals surface area contributed by atoms with Gasteiger partial charge < -0.3 is 35.4 Å². The maximum Gasteiger partial charge on any atom is 0.472 e. The van der Waals surface area contributed by atoms with E-state index >= 15 is 0 Å². The predicted molar refractivity (Wildman–Crippen MR) is 231 cm³/mol. The molecule has 1 saturated carbocycles. The number of phosphoric acid groups is 1. The van der Waals surface area contributed by atoms with E-state index in [9.17, 15) is 34.4 Å². The molecule has 1 aliphatic rings. The van der Waals surface area contributed by atoms with E-state index in [-0.39, 0.29) is 50.9 Å². The topological polar surface area (TPSA) is 195 Å². The molecule has 0 aromatic rings. The molecule has 12 nitrogen and oxygen atoms in total. The largest absolute Gasteiger partial charge is 0.472 e. The van der Waals surface area contributed by atoms with Gasteiger partial charge in [-0.3, -0.25) is 18.6 Å². The van der Waals surface area contributed by atoms with Crippen LogP contribution in [0.3, 0.4) is 0 Å². The normalized spacial score (nSPS) is 21.0. The minimum Gasteiger partial charge on any atom is -0.462 e. The summed E-state index contributed by atoms with van der Waals surface area (Å²) < 4.78 is 32.7. The number of rotatable bonds is 35. The zero-order valence-electron chi connectivity index (χ0n) is 35.3. The quantitative estimate of drug-likeness (QED) is 0.0177. The van der Waals surface area contributed by atoms with Crippen LogP contribution in [-0.4, -0.2) is 82.9 Å². The van der Waals surface area contributed by atoms with Gasteiger partial charge in [0.15, 0.2) is 6.10 Å². The first kappa shape index (κ1) is 53.3. The first-order chi connectivity index (χ1) is 28.0. The summed E-state index contributed by atoms with van der Waals surface area (Å²) in [5, 5.41) is 31.3. The molecule has 1 aliphatic carbocycles. The fraction of sp³-hybridized carbons (Fsp3) is 0.689. The Morgan fingerprint density at radius 2 is 1.38 bits per heavy atom. The zero-order valence-corrected chi connectivity index (χ0v) is 36.2. The van der Waals surface area contributed by atoms with E-state index in [1.54, 1.807) is 24.3 Å². The highest BCUT2D eigenvalue weighted by Crippen LogP contribution is 2.43. The molecule has 0 amide bonds. The molecule has 13 heteroatoms. The molecule has 332 valence electrons. The van der Waals surface area contributed by atoms with Crippen LogP contribution in [0.1, 0.15) is 136 Å². The Morgan fingerprint density at radius 3 is 2.02 bits per heavy atom. The molecule has 0 aromatic heterocycles. The van der Waals surface area contributed by atoms with Crippen LogP contribution < -0.4 is 5.73 Å². The molecule has 1 rings (SSSR count). The van der Waals surface area contributed by atoms with Gasteiger partial charge in [-0.15, -0.1) is 0 Å². The Bertz CT molecular complexity index is 1300. The zero-order chi connectivity index (χ0) is 42.7. The van der Waals surface area contributed by atoms with E-state index in [4.69, 9.17) is 24.3 Å². The number of aliphatic hydroxyl groups is 3. The molecule has 0 saturated heterocycles. The lowest BCUT2D eigenvalue weighted by Gasteiger charge is -2.20. The molecule has 7 atom stereocenters. The van der Waals surface area contributed by atoms with Crippen molar-refractivity contribution in [1.29, 1.82) is 0 Å². The highest BCUT2D eigenvalue weighted by Gasteiger charge is 2.39.